The molecule has 0 aliphatic rings. The minimum Gasteiger partial charge on any atom is -0.452 e. The Morgan fingerprint density at radius 3 is 2.70 bits per heavy atom. The molecule has 1 aromatic heterocycles. The maximum absolute atomic E-state index is 12.4. The molecule has 0 aliphatic carbocycles. The number of nitrogens with one attached hydrogen (secondary N) is 1. The molecule has 2 aromatic rings. The highest BCUT2D eigenvalue weighted by Crippen LogP contribution is 2.29. The van der Waals surface area contributed by atoms with Crippen LogP contribution in [0.1, 0.15) is 54.1 Å². The summed E-state index contributed by atoms with van der Waals surface area (Å²) in [6.45, 7) is 7.47. The number of ether oxygens (including phenoxy) is 1. The van der Waals surface area contributed by atoms with Crippen LogP contribution in [-0.4, -0.2) is 29.7 Å². The van der Waals surface area contributed by atoms with E-state index in [1.54, 1.807) is 12.1 Å². The van der Waals surface area contributed by atoms with Crippen molar-refractivity contribution >= 4 is 23.6 Å². The number of benzene rings is 1. The number of nitrogens with zero attached hydrogens (tertiary/aromatic N) is 1. The minimum atomic E-state index is -0.504. The summed E-state index contributed by atoms with van der Waals surface area (Å²) in [6.07, 6.45) is 1.87. The number of hydrogen-bond donors (Lipinski definition) is 1. The third kappa shape index (κ3) is 6.13. The number of thioether (sulfide) groups is 1. The van der Waals surface area contributed by atoms with Crippen molar-refractivity contribution in [1.82, 2.24) is 10.5 Å². The van der Waals surface area contributed by atoms with Gasteiger partial charge in [0.1, 0.15) is 5.76 Å². The van der Waals surface area contributed by atoms with Crippen molar-refractivity contribution in [3.63, 3.8) is 0 Å². The maximum Gasteiger partial charge on any atom is 0.339 e. The van der Waals surface area contributed by atoms with E-state index in [0.29, 0.717) is 11.3 Å². The van der Waals surface area contributed by atoms with Gasteiger partial charge in [-0.1, -0.05) is 30.6 Å². The second-order valence-electron chi connectivity index (χ2n) is 6.42. The van der Waals surface area contributed by atoms with E-state index in [1.165, 1.54) is 11.8 Å². The van der Waals surface area contributed by atoms with Crippen LogP contribution in [0.5, 0.6) is 0 Å². The summed E-state index contributed by atoms with van der Waals surface area (Å²) in [4.78, 5) is 25.1. The van der Waals surface area contributed by atoms with Gasteiger partial charge in [0.05, 0.1) is 11.3 Å². The lowest BCUT2D eigenvalue weighted by Crippen LogP contribution is -2.35. The molecule has 146 valence electrons. The van der Waals surface area contributed by atoms with E-state index in [0.717, 1.165) is 34.8 Å². The van der Waals surface area contributed by atoms with Crippen molar-refractivity contribution in [1.29, 1.82) is 0 Å². The Hall–Kier alpha value is -2.28. The number of carbonyl (C=O) groups excluding carboxylic acids is 2. The highest BCUT2D eigenvalue weighted by molar-refractivity contribution is 7.98. The topological polar surface area (TPSA) is 81.4 Å². The Morgan fingerprint density at radius 2 is 2.04 bits per heavy atom. The number of aryl methyl sites for hydroxylation is 2. The number of amides is 1. The number of esters is 1. The van der Waals surface area contributed by atoms with Crippen molar-refractivity contribution < 1.29 is 18.8 Å². The Bertz CT molecular complexity index is 769. The highest BCUT2D eigenvalue weighted by atomic mass is 32.2. The van der Waals surface area contributed by atoms with Gasteiger partial charge in [0.25, 0.3) is 5.91 Å². The molecule has 0 saturated carbocycles. The average Bonchev–Trinajstić information content (AvgIpc) is 2.96. The van der Waals surface area contributed by atoms with Crippen LogP contribution >= 0.6 is 11.8 Å². The first-order chi connectivity index (χ1) is 12.9. The molecule has 27 heavy (non-hydrogen) atoms. The van der Waals surface area contributed by atoms with Gasteiger partial charge in [-0.3, -0.25) is 4.79 Å². The molecule has 7 heteroatoms. The number of aromatic nitrogens is 1. The van der Waals surface area contributed by atoms with Crippen LogP contribution in [0.2, 0.25) is 0 Å². The van der Waals surface area contributed by atoms with Gasteiger partial charge in [-0.05, 0) is 39.3 Å². The molecule has 1 aromatic carbocycles. The number of carbonyl (C=O) groups is 2. The molecule has 1 heterocycles. The van der Waals surface area contributed by atoms with Gasteiger partial charge in [-0.25, -0.2) is 4.79 Å². The van der Waals surface area contributed by atoms with Crippen LogP contribution in [-0.2, 0) is 15.3 Å². The summed E-state index contributed by atoms with van der Waals surface area (Å²) in [5, 5.41) is 6.77. The highest BCUT2D eigenvalue weighted by Gasteiger charge is 2.17. The molecule has 1 amide bonds. The molecule has 1 unspecified atom stereocenters. The zero-order valence-corrected chi connectivity index (χ0v) is 17.0. The Labute approximate surface area is 164 Å². The first-order valence-electron chi connectivity index (χ1n) is 9.02. The van der Waals surface area contributed by atoms with Crippen molar-refractivity contribution in [2.45, 2.75) is 57.2 Å². The van der Waals surface area contributed by atoms with Crippen LogP contribution in [0, 0.1) is 13.8 Å². The standard InChI is InChI=1S/C20H26N2O4S/c1-5-8-13(2)21-19(23)11-25-20(24)16-9-6-7-10-18(16)27-12-17-14(3)22-26-15(17)4/h6-7,9-10,13H,5,8,11-12H2,1-4H3,(H,21,23). The third-order valence-electron chi connectivity index (χ3n) is 4.12. The molecule has 2 rings (SSSR count). The van der Waals surface area contributed by atoms with Gasteiger partial charge in [0.2, 0.25) is 0 Å². The molecular weight excluding hydrogens is 364 g/mol. The van der Waals surface area contributed by atoms with E-state index in [9.17, 15) is 9.59 Å². The summed E-state index contributed by atoms with van der Waals surface area (Å²) >= 11 is 1.51. The summed E-state index contributed by atoms with van der Waals surface area (Å²) in [6, 6.07) is 7.28. The molecule has 1 N–H and O–H groups in total. The molecule has 1 atom stereocenters. The molecule has 0 bridgehead atoms. The predicted octanol–water partition coefficient (Wildman–Crippen LogP) is 4.05. The quantitative estimate of drug-likeness (QED) is 0.514. The smallest absolute Gasteiger partial charge is 0.339 e. The van der Waals surface area contributed by atoms with Gasteiger partial charge in [0.15, 0.2) is 6.61 Å². The second kappa shape index (κ2) is 10.2. The third-order valence-corrected chi connectivity index (χ3v) is 5.22. The largest absolute Gasteiger partial charge is 0.452 e. The normalized spacial score (nSPS) is 11.9. The summed E-state index contributed by atoms with van der Waals surface area (Å²) in [5.74, 6) is 0.624. The maximum atomic E-state index is 12.4. The van der Waals surface area contributed by atoms with Crippen LogP contribution in [0.15, 0.2) is 33.7 Å². The van der Waals surface area contributed by atoms with Gasteiger partial charge in [-0.15, -0.1) is 11.8 Å². The van der Waals surface area contributed by atoms with Crippen molar-refractivity contribution in [2.24, 2.45) is 0 Å². The van der Waals surface area contributed by atoms with E-state index < -0.39 is 5.97 Å². The second-order valence-corrected chi connectivity index (χ2v) is 7.44. The summed E-state index contributed by atoms with van der Waals surface area (Å²) in [5.41, 5.74) is 2.31. The zero-order valence-electron chi connectivity index (χ0n) is 16.2. The van der Waals surface area contributed by atoms with Crippen molar-refractivity contribution in [3.8, 4) is 0 Å². The molecule has 0 radical (unpaired) electrons. The van der Waals surface area contributed by atoms with Gasteiger partial charge in [-0.2, -0.15) is 0 Å². The lowest BCUT2D eigenvalue weighted by Gasteiger charge is -2.13. The SMILES string of the molecule is CCCC(C)NC(=O)COC(=O)c1ccccc1SCc1c(C)noc1C. The average molecular weight is 391 g/mol. The molecule has 6 nitrogen and oxygen atoms in total. The fourth-order valence-electron chi connectivity index (χ4n) is 2.65. The van der Waals surface area contributed by atoms with E-state index in [1.807, 2.05) is 32.9 Å². The molecule has 0 aliphatic heterocycles. The van der Waals surface area contributed by atoms with Gasteiger partial charge < -0.3 is 14.6 Å². The first kappa shape index (κ1) is 21.0. The number of rotatable bonds is 9. The fourth-order valence-corrected chi connectivity index (χ4v) is 3.84. The Morgan fingerprint density at radius 1 is 1.30 bits per heavy atom. The van der Waals surface area contributed by atoms with Gasteiger partial charge in [0, 0.05) is 22.3 Å². The molecule has 0 spiro atoms. The zero-order chi connectivity index (χ0) is 19.8. The fraction of sp³-hybridized carbons (Fsp3) is 0.450. The molecular formula is C20H26N2O4S. The van der Waals surface area contributed by atoms with Crippen LogP contribution in [0.4, 0.5) is 0 Å². The Balaban J connectivity index is 1.96. The van der Waals surface area contributed by atoms with E-state index in [2.05, 4.69) is 17.4 Å². The molecule has 0 fully saturated rings. The van der Waals surface area contributed by atoms with Crippen molar-refractivity contribution in [3.05, 3.63) is 46.8 Å². The lowest BCUT2D eigenvalue weighted by molar-refractivity contribution is -0.124. The number of hydrogen-bond acceptors (Lipinski definition) is 6. The van der Waals surface area contributed by atoms with Crippen LogP contribution in [0.25, 0.3) is 0 Å². The first-order valence-corrected chi connectivity index (χ1v) is 10.0. The predicted molar refractivity (Wildman–Crippen MR) is 105 cm³/mol. The monoisotopic (exact) mass is 390 g/mol. The molecule has 0 saturated heterocycles. The van der Waals surface area contributed by atoms with Crippen molar-refractivity contribution in [2.75, 3.05) is 6.61 Å². The Kier molecular flexibility index (Phi) is 7.91. The van der Waals surface area contributed by atoms with E-state index >= 15 is 0 Å². The van der Waals surface area contributed by atoms with E-state index in [4.69, 9.17) is 9.26 Å². The summed E-state index contributed by atoms with van der Waals surface area (Å²) < 4.78 is 10.4. The lowest BCUT2D eigenvalue weighted by atomic mass is 10.2. The van der Waals surface area contributed by atoms with Crippen LogP contribution < -0.4 is 5.32 Å². The summed E-state index contributed by atoms with van der Waals surface area (Å²) in [7, 11) is 0. The van der Waals surface area contributed by atoms with Gasteiger partial charge >= 0.3 is 5.97 Å². The minimum absolute atomic E-state index is 0.0686. The van der Waals surface area contributed by atoms with E-state index in [-0.39, 0.29) is 18.6 Å². The van der Waals surface area contributed by atoms with Crippen LogP contribution in [0.3, 0.4) is 0 Å².